The molecule has 9 heteroatoms. The number of hydrogen-bond donors (Lipinski definition) is 1. The maximum Gasteiger partial charge on any atom is 0.234 e. The third-order valence-corrected chi connectivity index (χ3v) is 5.76. The van der Waals surface area contributed by atoms with Gasteiger partial charge in [0.05, 0.1) is 11.4 Å². The minimum absolute atomic E-state index is 0.0207. The van der Waals surface area contributed by atoms with Crippen molar-refractivity contribution in [2.45, 2.75) is 24.9 Å². The number of amides is 1. The Morgan fingerprint density at radius 1 is 1.06 bits per heavy atom. The molecule has 0 aliphatic rings. The van der Waals surface area contributed by atoms with Crippen LogP contribution in [0.15, 0.2) is 72.1 Å². The highest BCUT2D eigenvalue weighted by Crippen LogP contribution is 2.32. The molecule has 0 radical (unpaired) electrons. The first-order valence-corrected chi connectivity index (χ1v) is 11.2. The molecule has 0 spiro atoms. The van der Waals surface area contributed by atoms with Gasteiger partial charge in [-0.3, -0.25) is 14.3 Å². The predicted molar refractivity (Wildman–Crippen MR) is 124 cm³/mol. The number of anilines is 1. The SMILES string of the molecule is CC(C)c1ccccc1-n1c(SCC(=O)Nc2cc(F)cc(F)c2)nnc1-c1cccnc1. The lowest BCUT2D eigenvalue weighted by atomic mass is 10.0. The van der Waals surface area contributed by atoms with Crippen LogP contribution in [0.5, 0.6) is 0 Å². The van der Waals surface area contributed by atoms with Crippen LogP contribution in [0, 0.1) is 11.6 Å². The van der Waals surface area contributed by atoms with Gasteiger partial charge < -0.3 is 5.32 Å². The summed E-state index contributed by atoms with van der Waals surface area (Å²) >= 11 is 1.18. The van der Waals surface area contributed by atoms with E-state index >= 15 is 0 Å². The lowest BCUT2D eigenvalue weighted by molar-refractivity contribution is -0.113. The van der Waals surface area contributed by atoms with Crippen LogP contribution in [0.1, 0.15) is 25.3 Å². The molecule has 4 rings (SSSR count). The van der Waals surface area contributed by atoms with E-state index in [4.69, 9.17) is 0 Å². The number of aromatic nitrogens is 4. The first-order chi connectivity index (χ1) is 15.9. The van der Waals surface area contributed by atoms with E-state index in [0.29, 0.717) is 11.0 Å². The Morgan fingerprint density at radius 3 is 2.52 bits per heavy atom. The molecule has 0 aliphatic heterocycles. The standard InChI is InChI=1S/C24H21F2N5OS/c1-15(2)20-7-3-4-8-21(20)31-23(16-6-5-9-27-13-16)29-30-24(31)33-14-22(32)28-19-11-17(25)10-18(26)12-19/h3-13,15H,14H2,1-2H3,(H,28,32). The van der Waals surface area contributed by atoms with Crippen LogP contribution in [0.2, 0.25) is 0 Å². The fraction of sp³-hybridized carbons (Fsp3) is 0.167. The van der Waals surface area contributed by atoms with E-state index in [9.17, 15) is 13.6 Å². The molecule has 0 aliphatic carbocycles. The van der Waals surface area contributed by atoms with Crippen molar-refractivity contribution in [3.05, 3.63) is 84.2 Å². The average Bonchev–Trinajstić information content (AvgIpc) is 3.21. The molecule has 0 saturated heterocycles. The first-order valence-electron chi connectivity index (χ1n) is 10.3. The molecular weight excluding hydrogens is 444 g/mol. The highest BCUT2D eigenvalue weighted by Gasteiger charge is 2.20. The van der Waals surface area contributed by atoms with Crippen molar-refractivity contribution < 1.29 is 13.6 Å². The quantitative estimate of drug-likeness (QED) is 0.367. The minimum atomic E-state index is -0.760. The molecular formula is C24H21F2N5OS. The van der Waals surface area contributed by atoms with E-state index in [1.165, 1.54) is 11.8 Å². The Morgan fingerprint density at radius 2 is 1.82 bits per heavy atom. The van der Waals surface area contributed by atoms with Gasteiger partial charge in [-0.1, -0.05) is 43.8 Å². The van der Waals surface area contributed by atoms with Crippen molar-refractivity contribution in [2.75, 3.05) is 11.1 Å². The van der Waals surface area contributed by atoms with Gasteiger partial charge in [0.1, 0.15) is 11.6 Å². The largest absolute Gasteiger partial charge is 0.325 e. The Labute approximate surface area is 194 Å². The number of thioether (sulfide) groups is 1. The van der Waals surface area contributed by atoms with Crippen LogP contribution in [-0.4, -0.2) is 31.4 Å². The van der Waals surface area contributed by atoms with Crippen LogP contribution in [0.4, 0.5) is 14.5 Å². The van der Waals surface area contributed by atoms with Gasteiger partial charge in [-0.2, -0.15) is 0 Å². The van der Waals surface area contributed by atoms with Gasteiger partial charge in [0.25, 0.3) is 0 Å². The van der Waals surface area contributed by atoms with E-state index in [-0.39, 0.29) is 17.4 Å². The van der Waals surface area contributed by atoms with Crippen LogP contribution in [0.3, 0.4) is 0 Å². The van der Waals surface area contributed by atoms with Crippen molar-refractivity contribution >= 4 is 23.4 Å². The van der Waals surface area contributed by atoms with Crippen molar-refractivity contribution in [1.29, 1.82) is 0 Å². The molecule has 2 aromatic heterocycles. The summed E-state index contributed by atoms with van der Waals surface area (Å²) in [5, 5.41) is 11.7. The van der Waals surface area contributed by atoms with E-state index in [0.717, 1.165) is 35.0 Å². The third kappa shape index (κ3) is 5.25. The lowest BCUT2D eigenvalue weighted by Crippen LogP contribution is -2.15. The van der Waals surface area contributed by atoms with Crippen molar-refractivity contribution in [3.63, 3.8) is 0 Å². The summed E-state index contributed by atoms with van der Waals surface area (Å²) in [6.45, 7) is 4.21. The number of benzene rings is 2. The third-order valence-electron chi connectivity index (χ3n) is 4.83. The highest BCUT2D eigenvalue weighted by atomic mass is 32.2. The molecule has 0 unspecified atom stereocenters. The second kappa shape index (κ2) is 9.91. The van der Waals surface area contributed by atoms with Crippen molar-refractivity contribution in [2.24, 2.45) is 0 Å². The average molecular weight is 466 g/mol. The molecule has 0 fully saturated rings. The molecule has 1 amide bonds. The van der Waals surface area contributed by atoms with Gasteiger partial charge in [-0.15, -0.1) is 10.2 Å². The fourth-order valence-electron chi connectivity index (χ4n) is 3.40. The van der Waals surface area contributed by atoms with Crippen LogP contribution in [0.25, 0.3) is 17.1 Å². The second-order valence-electron chi connectivity index (χ2n) is 7.59. The topological polar surface area (TPSA) is 72.7 Å². The number of para-hydroxylation sites is 1. The van der Waals surface area contributed by atoms with E-state index in [1.54, 1.807) is 12.4 Å². The van der Waals surface area contributed by atoms with Crippen LogP contribution < -0.4 is 5.32 Å². The summed E-state index contributed by atoms with van der Waals surface area (Å²) in [5.41, 5.74) is 2.85. The van der Waals surface area contributed by atoms with Gasteiger partial charge >= 0.3 is 0 Å². The molecule has 2 aromatic carbocycles. The molecule has 6 nitrogen and oxygen atoms in total. The molecule has 168 valence electrons. The first kappa shape index (κ1) is 22.6. The maximum atomic E-state index is 13.4. The fourth-order valence-corrected chi connectivity index (χ4v) is 4.14. The number of nitrogens with zero attached hydrogens (tertiary/aromatic N) is 4. The molecule has 0 atom stereocenters. The summed E-state index contributed by atoms with van der Waals surface area (Å²) in [7, 11) is 0. The Bertz CT molecular complexity index is 1260. The summed E-state index contributed by atoms with van der Waals surface area (Å²) in [6.07, 6.45) is 3.39. The van der Waals surface area contributed by atoms with Gasteiger partial charge in [0.2, 0.25) is 5.91 Å². The number of rotatable bonds is 7. The number of halogens is 2. The van der Waals surface area contributed by atoms with Gasteiger partial charge in [0.15, 0.2) is 11.0 Å². The number of carbonyl (C=O) groups excluding carboxylic acids is 1. The highest BCUT2D eigenvalue weighted by molar-refractivity contribution is 7.99. The van der Waals surface area contributed by atoms with Crippen LogP contribution in [-0.2, 0) is 4.79 Å². The zero-order valence-electron chi connectivity index (χ0n) is 18.0. The second-order valence-corrected chi connectivity index (χ2v) is 8.53. The van der Waals surface area contributed by atoms with Gasteiger partial charge in [0, 0.05) is 29.7 Å². The number of hydrogen-bond acceptors (Lipinski definition) is 5. The zero-order chi connectivity index (χ0) is 23.4. The van der Waals surface area contributed by atoms with E-state index < -0.39 is 17.5 Å². The predicted octanol–water partition coefficient (Wildman–Crippen LogP) is 5.46. The molecule has 33 heavy (non-hydrogen) atoms. The van der Waals surface area contributed by atoms with Crippen molar-refractivity contribution in [3.8, 4) is 17.1 Å². The zero-order valence-corrected chi connectivity index (χ0v) is 18.8. The molecule has 4 aromatic rings. The smallest absolute Gasteiger partial charge is 0.234 e. The number of nitrogens with one attached hydrogen (secondary N) is 1. The minimum Gasteiger partial charge on any atom is -0.325 e. The Hall–Kier alpha value is -3.59. The molecule has 0 saturated carbocycles. The Kier molecular flexibility index (Phi) is 6.79. The molecule has 2 heterocycles. The summed E-state index contributed by atoms with van der Waals surface area (Å²) in [6, 6.07) is 14.5. The van der Waals surface area contributed by atoms with Crippen molar-refractivity contribution in [1.82, 2.24) is 19.7 Å². The summed E-state index contributed by atoms with van der Waals surface area (Å²) < 4.78 is 28.7. The summed E-state index contributed by atoms with van der Waals surface area (Å²) in [5.74, 6) is -1.11. The lowest BCUT2D eigenvalue weighted by Gasteiger charge is -2.16. The number of pyridine rings is 1. The molecule has 0 bridgehead atoms. The normalized spacial score (nSPS) is 11.1. The maximum absolute atomic E-state index is 13.4. The monoisotopic (exact) mass is 465 g/mol. The summed E-state index contributed by atoms with van der Waals surface area (Å²) in [4.78, 5) is 16.6. The molecule has 1 N–H and O–H groups in total. The van der Waals surface area contributed by atoms with Gasteiger partial charge in [-0.05, 0) is 41.8 Å². The van der Waals surface area contributed by atoms with Gasteiger partial charge in [-0.25, -0.2) is 8.78 Å². The van der Waals surface area contributed by atoms with Crippen LogP contribution >= 0.6 is 11.8 Å². The van der Waals surface area contributed by atoms with E-state index in [1.807, 2.05) is 41.0 Å². The van der Waals surface area contributed by atoms with E-state index in [2.05, 4.69) is 34.3 Å². The number of carbonyl (C=O) groups is 1. The Balaban J connectivity index is 1.65.